The Bertz CT molecular complexity index is 154. The van der Waals surface area contributed by atoms with E-state index in [1.807, 2.05) is 0 Å². The normalized spacial score (nSPS) is 39.9. The quantitative estimate of drug-likeness (QED) is 0.720. The van der Waals surface area contributed by atoms with Crippen molar-refractivity contribution in [1.82, 2.24) is 5.32 Å². The first-order valence-electron chi connectivity index (χ1n) is 5.71. The SMILES string of the molecule is CCNC1CCC(C2CCOC2)C1. The second-order valence-electron chi connectivity index (χ2n) is 4.45. The van der Waals surface area contributed by atoms with Crippen molar-refractivity contribution in [2.75, 3.05) is 19.8 Å². The molecule has 0 bridgehead atoms. The van der Waals surface area contributed by atoms with Crippen LogP contribution in [0, 0.1) is 11.8 Å². The molecule has 3 unspecified atom stereocenters. The van der Waals surface area contributed by atoms with Crippen molar-refractivity contribution in [1.29, 1.82) is 0 Å². The lowest BCUT2D eigenvalue weighted by atomic mass is 9.90. The molecule has 1 heterocycles. The van der Waals surface area contributed by atoms with Crippen LogP contribution < -0.4 is 5.32 Å². The van der Waals surface area contributed by atoms with E-state index >= 15 is 0 Å². The Balaban J connectivity index is 1.76. The second kappa shape index (κ2) is 4.43. The summed E-state index contributed by atoms with van der Waals surface area (Å²) in [5.74, 6) is 1.83. The van der Waals surface area contributed by atoms with E-state index in [0.717, 1.165) is 37.6 Å². The molecule has 1 aliphatic carbocycles. The fourth-order valence-corrected chi connectivity index (χ4v) is 2.84. The number of rotatable bonds is 3. The fraction of sp³-hybridized carbons (Fsp3) is 1.00. The van der Waals surface area contributed by atoms with Gasteiger partial charge in [-0.1, -0.05) is 6.92 Å². The van der Waals surface area contributed by atoms with Gasteiger partial charge >= 0.3 is 0 Å². The minimum absolute atomic E-state index is 0.801. The van der Waals surface area contributed by atoms with Gasteiger partial charge in [-0.3, -0.25) is 0 Å². The lowest BCUT2D eigenvalue weighted by molar-refractivity contribution is 0.172. The summed E-state index contributed by atoms with van der Waals surface area (Å²) in [6.07, 6.45) is 5.51. The third-order valence-corrected chi connectivity index (χ3v) is 3.60. The zero-order chi connectivity index (χ0) is 9.10. The van der Waals surface area contributed by atoms with E-state index in [-0.39, 0.29) is 0 Å². The molecule has 0 amide bonds. The maximum Gasteiger partial charge on any atom is 0.0497 e. The van der Waals surface area contributed by atoms with Crippen molar-refractivity contribution in [3.8, 4) is 0 Å². The molecule has 0 radical (unpaired) electrons. The highest BCUT2D eigenvalue weighted by Gasteiger charge is 2.32. The summed E-state index contributed by atoms with van der Waals surface area (Å²) >= 11 is 0. The monoisotopic (exact) mass is 183 g/mol. The van der Waals surface area contributed by atoms with Gasteiger partial charge in [0.1, 0.15) is 0 Å². The number of ether oxygens (including phenoxy) is 1. The van der Waals surface area contributed by atoms with Gasteiger partial charge in [0.05, 0.1) is 0 Å². The third-order valence-electron chi connectivity index (χ3n) is 3.60. The van der Waals surface area contributed by atoms with Gasteiger partial charge in [-0.25, -0.2) is 0 Å². The average molecular weight is 183 g/mol. The molecule has 0 aromatic rings. The predicted molar refractivity (Wildman–Crippen MR) is 53.7 cm³/mol. The van der Waals surface area contributed by atoms with Crippen molar-refractivity contribution in [2.45, 2.75) is 38.6 Å². The highest BCUT2D eigenvalue weighted by Crippen LogP contribution is 2.35. The highest BCUT2D eigenvalue weighted by molar-refractivity contribution is 4.85. The lowest BCUT2D eigenvalue weighted by Gasteiger charge is -2.16. The van der Waals surface area contributed by atoms with Crippen LogP contribution in [0.25, 0.3) is 0 Å². The van der Waals surface area contributed by atoms with Crippen molar-refractivity contribution in [2.24, 2.45) is 11.8 Å². The second-order valence-corrected chi connectivity index (χ2v) is 4.45. The van der Waals surface area contributed by atoms with Gasteiger partial charge in [0.15, 0.2) is 0 Å². The van der Waals surface area contributed by atoms with E-state index in [1.54, 1.807) is 0 Å². The zero-order valence-corrected chi connectivity index (χ0v) is 8.59. The van der Waals surface area contributed by atoms with Gasteiger partial charge in [0.25, 0.3) is 0 Å². The Morgan fingerprint density at radius 3 is 2.85 bits per heavy atom. The van der Waals surface area contributed by atoms with Crippen LogP contribution in [0.4, 0.5) is 0 Å². The molecule has 2 nitrogen and oxygen atoms in total. The van der Waals surface area contributed by atoms with Gasteiger partial charge in [0.2, 0.25) is 0 Å². The van der Waals surface area contributed by atoms with E-state index < -0.39 is 0 Å². The molecular weight excluding hydrogens is 162 g/mol. The van der Waals surface area contributed by atoms with Gasteiger partial charge in [-0.05, 0) is 44.1 Å². The van der Waals surface area contributed by atoms with Crippen LogP contribution in [-0.2, 0) is 4.74 Å². The molecule has 3 atom stereocenters. The van der Waals surface area contributed by atoms with Crippen LogP contribution >= 0.6 is 0 Å². The lowest BCUT2D eigenvalue weighted by Crippen LogP contribution is -2.26. The van der Waals surface area contributed by atoms with Gasteiger partial charge < -0.3 is 10.1 Å². The number of nitrogens with one attached hydrogen (secondary N) is 1. The molecule has 0 aromatic heterocycles. The number of hydrogen-bond acceptors (Lipinski definition) is 2. The van der Waals surface area contributed by atoms with Crippen LogP contribution in [0.3, 0.4) is 0 Å². The highest BCUT2D eigenvalue weighted by atomic mass is 16.5. The van der Waals surface area contributed by atoms with Crippen LogP contribution in [0.15, 0.2) is 0 Å². The topological polar surface area (TPSA) is 21.3 Å². The molecule has 1 N–H and O–H groups in total. The van der Waals surface area contributed by atoms with Crippen molar-refractivity contribution >= 4 is 0 Å². The molecule has 76 valence electrons. The molecule has 1 aliphatic heterocycles. The fourth-order valence-electron chi connectivity index (χ4n) is 2.84. The molecule has 1 saturated carbocycles. The predicted octanol–water partition coefficient (Wildman–Crippen LogP) is 1.80. The summed E-state index contributed by atoms with van der Waals surface area (Å²) < 4.78 is 5.44. The summed E-state index contributed by atoms with van der Waals surface area (Å²) in [5.41, 5.74) is 0. The van der Waals surface area contributed by atoms with Crippen LogP contribution in [0.2, 0.25) is 0 Å². The van der Waals surface area contributed by atoms with Gasteiger partial charge in [-0.15, -0.1) is 0 Å². The molecule has 0 spiro atoms. The zero-order valence-electron chi connectivity index (χ0n) is 8.59. The third kappa shape index (κ3) is 2.23. The van der Waals surface area contributed by atoms with Crippen molar-refractivity contribution in [3.05, 3.63) is 0 Å². The Kier molecular flexibility index (Phi) is 3.23. The first kappa shape index (κ1) is 9.47. The Morgan fingerprint density at radius 1 is 1.23 bits per heavy atom. The van der Waals surface area contributed by atoms with Crippen LogP contribution in [0.5, 0.6) is 0 Å². The Labute approximate surface area is 81.0 Å². The largest absolute Gasteiger partial charge is 0.381 e. The van der Waals surface area contributed by atoms with E-state index in [0.29, 0.717) is 0 Å². The maximum absolute atomic E-state index is 5.44. The van der Waals surface area contributed by atoms with Gasteiger partial charge in [0, 0.05) is 19.3 Å². The Morgan fingerprint density at radius 2 is 2.15 bits per heavy atom. The summed E-state index contributed by atoms with van der Waals surface area (Å²) in [6.45, 7) is 5.36. The first-order chi connectivity index (χ1) is 6.40. The molecule has 13 heavy (non-hydrogen) atoms. The molecule has 2 fully saturated rings. The van der Waals surface area contributed by atoms with Crippen molar-refractivity contribution < 1.29 is 4.74 Å². The molecule has 1 saturated heterocycles. The minimum atomic E-state index is 0.801. The molecular formula is C11H21NO. The Hall–Kier alpha value is -0.0800. The standard InChI is InChI=1S/C11H21NO/c1-2-12-11-4-3-9(7-11)10-5-6-13-8-10/h9-12H,2-8H2,1H3. The number of hydrogen-bond donors (Lipinski definition) is 1. The molecule has 0 aromatic carbocycles. The minimum Gasteiger partial charge on any atom is -0.381 e. The first-order valence-corrected chi connectivity index (χ1v) is 5.71. The summed E-state index contributed by atoms with van der Waals surface area (Å²) in [5, 5.41) is 3.56. The van der Waals surface area contributed by atoms with E-state index in [4.69, 9.17) is 4.74 Å². The van der Waals surface area contributed by atoms with Crippen LogP contribution in [0.1, 0.15) is 32.6 Å². The maximum atomic E-state index is 5.44. The van der Waals surface area contributed by atoms with Crippen LogP contribution in [-0.4, -0.2) is 25.8 Å². The molecule has 2 aliphatic rings. The van der Waals surface area contributed by atoms with Gasteiger partial charge in [-0.2, -0.15) is 0 Å². The van der Waals surface area contributed by atoms with E-state index in [1.165, 1.54) is 25.7 Å². The van der Waals surface area contributed by atoms with E-state index in [9.17, 15) is 0 Å². The average Bonchev–Trinajstić information content (AvgIpc) is 2.70. The van der Waals surface area contributed by atoms with Crippen molar-refractivity contribution in [3.63, 3.8) is 0 Å². The summed E-state index contributed by atoms with van der Waals surface area (Å²) in [6, 6.07) is 0.801. The van der Waals surface area contributed by atoms with E-state index in [2.05, 4.69) is 12.2 Å². The summed E-state index contributed by atoms with van der Waals surface area (Å²) in [7, 11) is 0. The smallest absolute Gasteiger partial charge is 0.0497 e. The molecule has 2 heteroatoms. The molecule has 2 rings (SSSR count). The summed E-state index contributed by atoms with van der Waals surface area (Å²) in [4.78, 5) is 0.